The zero-order chi connectivity index (χ0) is 9.02. The average Bonchev–Trinajstić information content (AvgIpc) is 1.87. The van der Waals surface area contributed by atoms with Crippen LogP contribution >= 0.6 is 0 Å². The van der Waals surface area contributed by atoms with E-state index in [0.29, 0.717) is 17.7 Å². The van der Waals surface area contributed by atoms with Crippen LogP contribution in [0.1, 0.15) is 34.6 Å². The lowest BCUT2D eigenvalue weighted by Crippen LogP contribution is -2.13. The highest BCUT2D eigenvalue weighted by molar-refractivity contribution is 6.39. The summed E-state index contributed by atoms with van der Waals surface area (Å²) in [6, 6.07) is 0.329. The van der Waals surface area contributed by atoms with E-state index in [1.807, 2.05) is 6.92 Å². The topological polar surface area (TPSA) is 36.2 Å². The second-order valence-corrected chi connectivity index (χ2v) is 3.32. The molecule has 0 aliphatic rings. The van der Waals surface area contributed by atoms with Crippen molar-refractivity contribution < 1.29 is 0 Å². The van der Waals surface area contributed by atoms with Crippen LogP contribution in [0.3, 0.4) is 0 Å². The Bertz CT molecular complexity index is 168. The first-order chi connectivity index (χ1) is 4.95. The van der Waals surface area contributed by atoms with Crippen molar-refractivity contribution in [1.29, 1.82) is 5.41 Å². The summed E-state index contributed by atoms with van der Waals surface area (Å²) < 4.78 is 0. The predicted octanol–water partition coefficient (Wildman–Crippen LogP) is 2.53. The minimum absolute atomic E-state index is 0.329. The number of hydrogen-bond acceptors (Lipinski definition) is 2. The second-order valence-electron chi connectivity index (χ2n) is 3.32. The molecule has 0 heterocycles. The van der Waals surface area contributed by atoms with Crippen LogP contribution in [0.25, 0.3) is 0 Å². The fraction of sp³-hybridized carbons (Fsp3) is 0.778. The Morgan fingerprint density at radius 3 is 1.91 bits per heavy atom. The van der Waals surface area contributed by atoms with Gasteiger partial charge in [-0.2, -0.15) is 0 Å². The second kappa shape index (κ2) is 4.27. The van der Waals surface area contributed by atoms with Crippen LogP contribution in [-0.2, 0) is 0 Å². The maximum absolute atomic E-state index is 7.30. The first-order valence-corrected chi connectivity index (χ1v) is 4.05. The molecule has 11 heavy (non-hydrogen) atoms. The Kier molecular flexibility index (Phi) is 4.01. The first-order valence-electron chi connectivity index (χ1n) is 4.05. The van der Waals surface area contributed by atoms with Crippen LogP contribution in [0.15, 0.2) is 4.99 Å². The molecular formula is C9H18N2. The van der Waals surface area contributed by atoms with E-state index in [1.165, 1.54) is 0 Å². The third kappa shape index (κ3) is 3.91. The average molecular weight is 154 g/mol. The van der Waals surface area contributed by atoms with E-state index in [-0.39, 0.29) is 0 Å². The molecule has 0 aromatic carbocycles. The van der Waals surface area contributed by atoms with Crippen LogP contribution in [-0.4, -0.2) is 17.5 Å². The highest BCUT2D eigenvalue weighted by Gasteiger charge is 2.05. The van der Waals surface area contributed by atoms with Gasteiger partial charge in [-0.1, -0.05) is 13.8 Å². The van der Waals surface area contributed by atoms with Gasteiger partial charge in [0, 0.05) is 11.8 Å². The van der Waals surface area contributed by atoms with Crippen molar-refractivity contribution in [2.24, 2.45) is 10.9 Å². The van der Waals surface area contributed by atoms with Crippen LogP contribution in [0.4, 0.5) is 0 Å². The summed E-state index contributed by atoms with van der Waals surface area (Å²) in [7, 11) is 0. The van der Waals surface area contributed by atoms with E-state index in [9.17, 15) is 0 Å². The molecule has 2 nitrogen and oxygen atoms in total. The minimum atomic E-state index is 0.329. The van der Waals surface area contributed by atoms with Gasteiger partial charge in [-0.25, -0.2) is 0 Å². The van der Waals surface area contributed by atoms with E-state index < -0.39 is 0 Å². The Balaban J connectivity index is 4.19. The highest BCUT2D eigenvalue weighted by Crippen LogP contribution is 2.05. The molecule has 0 amide bonds. The summed E-state index contributed by atoms with van der Waals surface area (Å²) in [5.74, 6) is 0.560. The molecule has 0 radical (unpaired) electrons. The van der Waals surface area contributed by atoms with Crippen molar-refractivity contribution in [2.75, 3.05) is 0 Å². The van der Waals surface area contributed by atoms with E-state index in [1.54, 1.807) is 6.92 Å². The van der Waals surface area contributed by atoms with Gasteiger partial charge in [0.2, 0.25) is 0 Å². The van der Waals surface area contributed by atoms with Crippen molar-refractivity contribution in [2.45, 2.75) is 40.7 Å². The number of hydrogen-bond donors (Lipinski definition) is 1. The van der Waals surface area contributed by atoms with Gasteiger partial charge < -0.3 is 5.41 Å². The molecule has 2 heteroatoms. The summed E-state index contributed by atoms with van der Waals surface area (Å²) in [5.41, 5.74) is 1.42. The zero-order valence-corrected chi connectivity index (χ0v) is 8.10. The maximum Gasteiger partial charge on any atom is 0.0525 e. The molecule has 0 aromatic rings. The normalized spacial score (nSPS) is 15.3. The van der Waals surface area contributed by atoms with Crippen molar-refractivity contribution in [3.63, 3.8) is 0 Å². The lowest BCUT2D eigenvalue weighted by atomic mass is 10.1. The molecule has 1 atom stereocenters. The van der Waals surface area contributed by atoms with Gasteiger partial charge in [0.05, 0.1) is 5.71 Å². The molecule has 0 saturated heterocycles. The first kappa shape index (κ1) is 10.3. The van der Waals surface area contributed by atoms with Crippen LogP contribution in [0.2, 0.25) is 0 Å². The Hall–Kier alpha value is -0.660. The summed E-state index contributed by atoms with van der Waals surface area (Å²) >= 11 is 0. The third-order valence-electron chi connectivity index (χ3n) is 1.90. The summed E-state index contributed by atoms with van der Waals surface area (Å²) in [6.07, 6.45) is 0. The lowest BCUT2D eigenvalue weighted by Gasteiger charge is -2.11. The smallest absolute Gasteiger partial charge is 0.0525 e. The molecular weight excluding hydrogens is 136 g/mol. The van der Waals surface area contributed by atoms with E-state index in [4.69, 9.17) is 5.41 Å². The molecule has 0 rings (SSSR count). The van der Waals surface area contributed by atoms with E-state index >= 15 is 0 Å². The molecule has 0 spiro atoms. The largest absolute Gasteiger partial charge is 0.304 e. The van der Waals surface area contributed by atoms with Gasteiger partial charge in [0.1, 0.15) is 0 Å². The molecule has 0 saturated carbocycles. The van der Waals surface area contributed by atoms with E-state index in [2.05, 4.69) is 25.8 Å². The van der Waals surface area contributed by atoms with Gasteiger partial charge in [0.25, 0.3) is 0 Å². The SMILES string of the molecule is CC(=N)C(C)=NC(C)C(C)C. The molecule has 0 bridgehead atoms. The van der Waals surface area contributed by atoms with Crippen LogP contribution < -0.4 is 0 Å². The molecule has 0 aromatic heterocycles. The van der Waals surface area contributed by atoms with Crippen molar-refractivity contribution >= 4 is 11.4 Å². The predicted molar refractivity (Wildman–Crippen MR) is 50.8 cm³/mol. The quantitative estimate of drug-likeness (QED) is 0.606. The molecule has 64 valence electrons. The summed E-state index contributed by atoms with van der Waals surface area (Å²) in [6.45, 7) is 10.0. The number of nitrogens with zero attached hydrogens (tertiary/aromatic N) is 1. The molecule has 1 unspecified atom stereocenters. The van der Waals surface area contributed by atoms with Crippen molar-refractivity contribution in [3.8, 4) is 0 Å². The van der Waals surface area contributed by atoms with Gasteiger partial charge >= 0.3 is 0 Å². The van der Waals surface area contributed by atoms with Crippen molar-refractivity contribution in [3.05, 3.63) is 0 Å². The fourth-order valence-electron chi connectivity index (χ4n) is 0.551. The number of aliphatic imine (C=N–C) groups is 1. The molecule has 1 N–H and O–H groups in total. The molecule has 0 aliphatic carbocycles. The third-order valence-corrected chi connectivity index (χ3v) is 1.90. The monoisotopic (exact) mass is 154 g/mol. The Labute approximate surface area is 69.2 Å². The Morgan fingerprint density at radius 2 is 1.64 bits per heavy atom. The summed E-state index contributed by atoms with van der Waals surface area (Å²) in [4.78, 5) is 4.37. The van der Waals surface area contributed by atoms with Crippen LogP contribution in [0.5, 0.6) is 0 Å². The molecule has 0 fully saturated rings. The summed E-state index contributed by atoms with van der Waals surface area (Å²) in [5, 5.41) is 7.30. The van der Waals surface area contributed by atoms with Gasteiger partial charge in [-0.3, -0.25) is 4.99 Å². The van der Waals surface area contributed by atoms with Gasteiger partial charge in [-0.05, 0) is 26.7 Å². The van der Waals surface area contributed by atoms with E-state index in [0.717, 1.165) is 5.71 Å². The maximum atomic E-state index is 7.30. The lowest BCUT2D eigenvalue weighted by molar-refractivity contribution is 0.532. The van der Waals surface area contributed by atoms with Gasteiger partial charge in [-0.15, -0.1) is 0 Å². The van der Waals surface area contributed by atoms with Gasteiger partial charge in [0.15, 0.2) is 0 Å². The fourth-order valence-corrected chi connectivity index (χ4v) is 0.551. The number of rotatable bonds is 3. The Morgan fingerprint density at radius 1 is 1.18 bits per heavy atom. The zero-order valence-electron chi connectivity index (χ0n) is 8.10. The number of nitrogens with one attached hydrogen (secondary N) is 1. The minimum Gasteiger partial charge on any atom is -0.304 e. The standard InChI is InChI=1S/C9H18N2/c1-6(2)8(4)11-9(5)7(3)10/h6,8,10H,1-5H3. The van der Waals surface area contributed by atoms with Crippen LogP contribution in [0, 0.1) is 11.3 Å². The van der Waals surface area contributed by atoms with Crippen molar-refractivity contribution in [1.82, 2.24) is 0 Å². The molecule has 0 aliphatic heterocycles. The highest BCUT2D eigenvalue weighted by atomic mass is 14.8.